The number of hydrogen-bond donors (Lipinski definition) is 0. The first-order valence-corrected chi connectivity index (χ1v) is 6.25. The highest BCUT2D eigenvalue weighted by molar-refractivity contribution is 6.34. The van der Waals surface area contributed by atoms with Crippen LogP contribution in [0.2, 0.25) is 5.15 Å². The Kier molecular flexibility index (Phi) is 4.33. The van der Waals surface area contributed by atoms with Crippen LogP contribution < -0.4 is 4.74 Å². The fraction of sp³-hybridized carbons (Fsp3) is 0.385. The van der Waals surface area contributed by atoms with Crippen LogP contribution in [0.4, 0.5) is 0 Å². The standard InChI is InChI=1S/C13H15ClN2O2/c1-3-17-8-9(2)18-13-11-7-5-4-6-10(11)12(14)15-16-13/h4-7,9H,3,8H2,1-2H3. The predicted octanol–water partition coefficient (Wildman–Crippen LogP) is 3.09. The fourth-order valence-electron chi connectivity index (χ4n) is 1.64. The molecular weight excluding hydrogens is 252 g/mol. The van der Waals surface area contributed by atoms with Crippen LogP contribution in [0.1, 0.15) is 13.8 Å². The lowest BCUT2D eigenvalue weighted by Crippen LogP contribution is -2.20. The van der Waals surface area contributed by atoms with Gasteiger partial charge in [-0.2, -0.15) is 0 Å². The molecule has 5 heteroatoms. The van der Waals surface area contributed by atoms with E-state index >= 15 is 0 Å². The highest BCUT2D eigenvalue weighted by Crippen LogP contribution is 2.27. The molecule has 1 unspecified atom stereocenters. The Hall–Kier alpha value is -1.39. The van der Waals surface area contributed by atoms with Crippen molar-refractivity contribution in [2.75, 3.05) is 13.2 Å². The Bertz CT molecular complexity index is 533. The zero-order chi connectivity index (χ0) is 13.0. The summed E-state index contributed by atoms with van der Waals surface area (Å²) in [6.07, 6.45) is -0.0798. The number of aromatic nitrogens is 2. The van der Waals surface area contributed by atoms with Gasteiger partial charge in [0.1, 0.15) is 6.10 Å². The first kappa shape index (κ1) is 13.1. The second kappa shape index (κ2) is 5.98. The zero-order valence-corrected chi connectivity index (χ0v) is 11.1. The molecule has 0 saturated carbocycles. The van der Waals surface area contributed by atoms with Gasteiger partial charge >= 0.3 is 0 Å². The van der Waals surface area contributed by atoms with Crippen molar-refractivity contribution >= 4 is 22.4 Å². The molecule has 0 spiro atoms. The van der Waals surface area contributed by atoms with Crippen LogP contribution in [0, 0.1) is 0 Å². The van der Waals surface area contributed by atoms with Crippen molar-refractivity contribution in [3.05, 3.63) is 29.4 Å². The molecule has 1 aromatic carbocycles. The van der Waals surface area contributed by atoms with Crippen molar-refractivity contribution in [3.63, 3.8) is 0 Å². The molecule has 2 aromatic rings. The second-order valence-corrected chi connectivity index (χ2v) is 4.29. The second-order valence-electron chi connectivity index (χ2n) is 3.93. The van der Waals surface area contributed by atoms with Gasteiger partial charge in [-0.25, -0.2) is 0 Å². The predicted molar refractivity (Wildman–Crippen MR) is 71.1 cm³/mol. The summed E-state index contributed by atoms with van der Waals surface area (Å²) in [5.41, 5.74) is 0. The average Bonchev–Trinajstić information content (AvgIpc) is 2.40. The minimum Gasteiger partial charge on any atom is -0.471 e. The molecule has 0 aliphatic carbocycles. The van der Waals surface area contributed by atoms with E-state index < -0.39 is 0 Å². The van der Waals surface area contributed by atoms with Gasteiger partial charge in [-0.1, -0.05) is 29.8 Å². The SMILES string of the molecule is CCOCC(C)Oc1nnc(Cl)c2ccccc12. The van der Waals surface area contributed by atoms with Gasteiger partial charge in [-0.3, -0.25) is 0 Å². The maximum absolute atomic E-state index is 6.00. The summed E-state index contributed by atoms with van der Waals surface area (Å²) in [6.45, 7) is 5.07. The summed E-state index contributed by atoms with van der Waals surface area (Å²) in [5.74, 6) is 0.488. The van der Waals surface area contributed by atoms with Gasteiger partial charge in [0, 0.05) is 17.4 Å². The van der Waals surface area contributed by atoms with E-state index in [1.807, 2.05) is 38.1 Å². The monoisotopic (exact) mass is 266 g/mol. The molecule has 0 N–H and O–H groups in total. The highest BCUT2D eigenvalue weighted by atomic mass is 35.5. The van der Waals surface area contributed by atoms with Gasteiger partial charge in [-0.15, -0.1) is 10.2 Å². The van der Waals surface area contributed by atoms with Crippen LogP contribution in [0.5, 0.6) is 5.88 Å². The van der Waals surface area contributed by atoms with Crippen molar-refractivity contribution in [2.24, 2.45) is 0 Å². The average molecular weight is 267 g/mol. The summed E-state index contributed by atoms with van der Waals surface area (Å²) < 4.78 is 11.0. The molecule has 0 saturated heterocycles. The fourth-order valence-corrected chi connectivity index (χ4v) is 1.84. The van der Waals surface area contributed by atoms with E-state index in [9.17, 15) is 0 Å². The Morgan fingerprint density at radius 1 is 1.22 bits per heavy atom. The van der Waals surface area contributed by atoms with Crippen LogP contribution in [-0.4, -0.2) is 29.5 Å². The van der Waals surface area contributed by atoms with Crippen LogP contribution in [0.15, 0.2) is 24.3 Å². The van der Waals surface area contributed by atoms with Gasteiger partial charge in [0.15, 0.2) is 5.15 Å². The molecule has 1 aromatic heterocycles. The van der Waals surface area contributed by atoms with Crippen LogP contribution >= 0.6 is 11.6 Å². The number of hydrogen-bond acceptors (Lipinski definition) is 4. The van der Waals surface area contributed by atoms with Gasteiger partial charge in [-0.05, 0) is 19.9 Å². The molecule has 96 valence electrons. The topological polar surface area (TPSA) is 44.2 Å². The van der Waals surface area contributed by atoms with E-state index in [-0.39, 0.29) is 6.10 Å². The first-order valence-electron chi connectivity index (χ1n) is 5.87. The largest absolute Gasteiger partial charge is 0.471 e. The summed E-state index contributed by atoms with van der Waals surface area (Å²) >= 11 is 6.00. The molecule has 0 radical (unpaired) electrons. The molecule has 0 aliphatic rings. The zero-order valence-electron chi connectivity index (χ0n) is 10.4. The van der Waals surface area contributed by atoms with Gasteiger partial charge < -0.3 is 9.47 Å². The number of rotatable bonds is 5. The van der Waals surface area contributed by atoms with E-state index in [0.29, 0.717) is 24.2 Å². The number of nitrogens with zero attached hydrogens (tertiary/aromatic N) is 2. The number of halogens is 1. The Labute approximate surface area is 111 Å². The lowest BCUT2D eigenvalue weighted by Gasteiger charge is -2.14. The molecule has 1 heterocycles. The molecule has 4 nitrogen and oxygen atoms in total. The number of fused-ring (bicyclic) bond motifs is 1. The summed E-state index contributed by atoms with van der Waals surface area (Å²) in [5, 5.41) is 9.97. The summed E-state index contributed by atoms with van der Waals surface area (Å²) in [7, 11) is 0. The van der Waals surface area contributed by atoms with Crippen molar-refractivity contribution in [3.8, 4) is 5.88 Å². The summed E-state index contributed by atoms with van der Waals surface area (Å²) in [4.78, 5) is 0. The van der Waals surface area contributed by atoms with Gasteiger partial charge in [0.2, 0.25) is 5.88 Å². The van der Waals surface area contributed by atoms with E-state index in [1.54, 1.807) is 0 Å². The maximum Gasteiger partial charge on any atom is 0.241 e. The first-order chi connectivity index (χ1) is 8.72. The third kappa shape index (κ3) is 2.89. The maximum atomic E-state index is 6.00. The van der Waals surface area contributed by atoms with Crippen molar-refractivity contribution in [1.82, 2.24) is 10.2 Å². The van der Waals surface area contributed by atoms with Crippen LogP contribution in [0.3, 0.4) is 0 Å². The van der Waals surface area contributed by atoms with Crippen LogP contribution in [0.25, 0.3) is 10.8 Å². The molecule has 0 fully saturated rings. The van der Waals surface area contributed by atoms with E-state index in [2.05, 4.69) is 10.2 Å². The molecular formula is C13H15ClN2O2. The Morgan fingerprint density at radius 3 is 2.67 bits per heavy atom. The third-order valence-corrected chi connectivity index (χ3v) is 2.76. The lowest BCUT2D eigenvalue weighted by atomic mass is 10.2. The minimum absolute atomic E-state index is 0.0798. The highest BCUT2D eigenvalue weighted by Gasteiger charge is 2.11. The van der Waals surface area contributed by atoms with E-state index in [4.69, 9.17) is 21.1 Å². The molecule has 1 atom stereocenters. The van der Waals surface area contributed by atoms with E-state index in [1.165, 1.54) is 0 Å². The third-order valence-electron chi connectivity index (χ3n) is 2.48. The van der Waals surface area contributed by atoms with Gasteiger partial charge in [0.05, 0.1) is 6.61 Å². The normalized spacial score (nSPS) is 12.6. The molecule has 2 rings (SSSR count). The quantitative estimate of drug-likeness (QED) is 0.834. The summed E-state index contributed by atoms with van der Waals surface area (Å²) in [6, 6.07) is 7.63. The molecule has 0 aliphatic heterocycles. The van der Waals surface area contributed by atoms with Crippen LogP contribution in [-0.2, 0) is 4.74 Å². The van der Waals surface area contributed by atoms with Crippen molar-refractivity contribution in [1.29, 1.82) is 0 Å². The van der Waals surface area contributed by atoms with E-state index in [0.717, 1.165) is 10.8 Å². The molecule has 18 heavy (non-hydrogen) atoms. The lowest BCUT2D eigenvalue weighted by molar-refractivity contribution is 0.0637. The minimum atomic E-state index is -0.0798. The molecule has 0 amide bonds. The van der Waals surface area contributed by atoms with Crippen molar-refractivity contribution in [2.45, 2.75) is 20.0 Å². The molecule has 0 bridgehead atoms. The Morgan fingerprint density at radius 2 is 1.94 bits per heavy atom. The van der Waals surface area contributed by atoms with Crippen molar-refractivity contribution < 1.29 is 9.47 Å². The smallest absolute Gasteiger partial charge is 0.241 e. The number of benzene rings is 1. The Balaban J connectivity index is 2.26. The van der Waals surface area contributed by atoms with Gasteiger partial charge in [0.25, 0.3) is 0 Å². The number of ether oxygens (including phenoxy) is 2.